The van der Waals surface area contributed by atoms with Gasteiger partial charge in [-0.15, -0.1) is 11.3 Å². The monoisotopic (exact) mass is 263 g/mol. The maximum atomic E-state index is 5.46. The van der Waals surface area contributed by atoms with E-state index < -0.39 is 0 Å². The van der Waals surface area contributed by atoms with Crippen molar-refractivity contribution < 1.29 is 0 Å². The van der Waals surface area contributed by atoms with Gasteiger partial charge in [0.15, 0.2) is 3.95 Å². The number of thiazole rings is 1. The van der Waals surface area contributed by atoms with E-state index in [9.17, 15) is 0 Å². The molecule has 0 spiro atoms. The van der Waals surface area contributed by atoms with Crippen molar-refractivity contribution in [3.8, 4) is 11.3 Å². The number of rotatable bonds is 3. The second-order valence-electron chi connectivity index (χ2n) is 4.64. The maximum absolute atomic E-state index is 5.46. The minimum Gasteiger partial charge on any atom is -0.322 e. The third-order valence-electron chi connectivity index (χ3n) is 2.66. The number of benzene rings is 1. The summed E-state index contributed by atoms with van der Waals surface area (Å²) in [7, 11) is 0. The summed E-state index contributed by atoms with van der Waals surface area (Å²) in [5, 5.41) is 0. The van der Waals surface area contributed by atoms with Crippen molar-refractivity contribution in [3.05, 3.63) is 39.2 Å². The molecule has 90 valence electrons. The quantitative estimate of drug-likeness (QED) is 0.712. The summed E-state index contributed by atoms with van der Waals surface area (Å²) in [6.45, 7) is 7.60. The van der Waals surface area contributed by atoms with Gasteiger partial charge in [-0.1, -0.05) is 44.2 Å². The largest absolute Gasteiger partial charge is 0.322 e. The molecular weight excluding hydrogens is 246 g/mol. The first kappa shape index (κ1) is 12.5. The molecule has 0 N–H and O–H groups in total. The van der Waals surface area contributed by atoms with Gasteiger partial charge in [0.1, 0.15) is 0 Å². The number of hydrogen-bond acceptors (Lipinski definition) is 2. The van der Waals surface area contributed by atoms with Gasteiger partial charge in [-0.2, -0.15) is 0 Å². The minimum absolute atomic E-state index is 0.609. The van der Waals surface area contributed by atoms with Gasteiger partial charge >= 0.3 is 0 Å². The van der Waals surface area contributed by atoms with Crippen LogP contribution in [-0.2, 0) is 6.54 Å². The number of hydrogen-bond donors (Lipinski definition) is 0. The predicted octanol–water partition coefficient (Wildman–Crippen LogP) is 4.91. The zero-order valence-electron chi connectivity index (χ0n) is 10.4. The van der Waals surface area contributed by atoms with Crippen LogP contribution in [0.15, 0.2) is 30.3 Å². The smallest absolute Gasteiger partial charge is 0.161 e. The molecule has 0 amide bonds. The maximum Gasteiger partial charge on any atom is 0.161 e. The topological polar surface area (TPSA) is 4.93 Å². The molecule has 0 saturated heterocycles. The van der Waals surface area contributed by atoms with Crippen LogP contribution in [0.4, 0.5) is 0 Å². The zero-order valence-corrected chi connectivity index (χ0v) is 12.1. The molecule has 1 nitrogen and oxygen atoms in total. The first-order chi connectivity index (χ1) is 8.09. The van der Waals surface area contributed by atoms with Crippen LogP contribution in [0.5, 0.6) is 0 Å². The van der Waals surface area contributed by atoms with Crippen LogP contribution in [0.25, 0.3) is 11.3 Å². The SMILES string of the molecule is Cc1sc(=S)n(CC(C)C)c1-c1ccccc1. The molecule has 0 atom stereocenters. The molecule has 17 heavy (non-hydrogen) atoms. The molecule has 0 saturated carbocycles. The Balaban J connectivity index is 2.57. The van der Waals surface area contributed by atoms with Crippen LogP contribution in [0, 0.1) is 16.8 Å². The molecule has 0 bridgehead atoms. The van der Waals surface area contributed by atoms with E-state index >= 15 is 0 Å². The molecule has 1 aromatic carbocycles. The van der Waals surface area contributed by atoms with Crippen LogP contribution >= 0.6 is 23.6 Å². The van der Waals surface area contributed by atoms with E-state index in [1.165, 1.54) is 16.1 Å². The third-order valence-corrected chi connectivity index (χ3v) is 4.02. The highest BCUT2D eigenvalue weighted by Gasteiger charge is 2.12. The lowest BCUT2D eigenvalue weighted by Gasteiger charge is -2.12. The molecule has 0 aliphatic heterocycles. The average molecular weight is 263 g/mol. The Bertz CT molecular complexity index is 549. The fourth-order valence-electron chi connectivity index (χ4n) is 2.00. The van der Waals surface area contributed by atoms with E-state index in [-0.39, 0.29) is 0 Å². The summed E-state index contributed by atoms with van der Waals surface area (Å²) in [6, 6.07) is 10.5. The Labute approximate surface area is 112 Å². The summed E-state index contributed by atoms with van der Waals surface area (Å²) < 4.78 is 3.25. The van der Waals surface area contributed by atoms with E-state index in [0.717, 1.165) is 10.5 Å². The molecule has 0 unspecified atom stereocenters. The second kappa shape index (κ2) is 5.15. The van der Waals surface area contributed by atoms with E-state index in [0.29, 0.717) is 5.92 Å². The molecule has 0 radical (unpaired) electrons. The van der Waals surface area contributed by atoms with Crippen LogP contribution in [0.1, 0.15) is 18.7 Å². The van der Waals surface area contributed by atoms with Gasteiger partial charge in [-0.3, -0.25) is 0 Å². The summed E-state index contributed by atoms with van der Waals surface area (Å²) in [6.07, 6.45) is 0. The molecule has 0 fully saturated rings. The van der Waals surface area contributed by atoms with Gasteiger partial charge in [0.2, 0.25) is 0 Å². The first-order valence-electron chi connectivity index (χ1n) is 5.85. The van der Waals surface area contributed by atoms with Crippen molar-refractivity contribution in [2.45, 2.75) is 27.3 Å². The van der Waals surface area contributed by atoms with E-state index in [2.05, 4.69) is 49.6 Å². The minimum atomic E-state index is 0.609. The fourth-order valence-corrected chi connectivity index (χ4v) is 3.41. The molecule has 2 aromatic rings. The normalized spacial score (nSPS) is 11.1. The lowest BCUT2D eigenvalue weighted by molar-refractivity contribution is 0.526. The van der Waals surface area contributed by atoms with Crippen molar-refractivity contribution in [2.24, 2.45) is 5.92 Å². The second-order valence-corrected chi connectivity index (χ2v) is 6.49. The van der Waals surface area contributed by atoms with Gasteiger partial charge in [-0.25, -0.2) is 0 Å². The summed E-state index contributed by atoms with van der Waals surface area (Å²) in [5.74, 6) is 0.609. The standard InChI is InChI=1S/C14H17NS2/c1-10(2)9-15-13(11(3)17-14(15)16)12-7-5-4-6-8-12/h4-8,10H,9H2,1-3H3. The van der Waals surface area contributed by atoms with Crippen LogP contribution in [0.2, 0.25) is 0 Å². The van der Waals surface area contributed by atoms with Crippen LogP contribution in [-0.4, -0.2) is 4.57 Å². The lowest BCUT2D eigenvalue weighted by Crippen LogP contribution is -2.06. The molecule has 1 aromatic heterocycles. The van der Waals surface area contributed by atoms with Gasteiger partial charge in [0, 0.05) is 11.4 Å². The summed E-state index contributed by atoms with van der Waals surface area (Å²) >= 11 is 7.17. The van der Waals surface area contributed by atoms with E-state index in [1.54, 1.807) is 11.3 Å². The summed E-state index contributed by atoms with van der Waals surface area (Å²) in [4.78, 5) is 1.31. The van der Waals surface area contributed by atoms with E-state index in [4.69, 9.17) is 12.2 Å². The van der Waals surface area contributed by atoms with Gasteiger partial charge in [0.25, 0.3) is 0 Å². The van der Waals surface area contributed by atoms with Crippen molar-refractivity contribution in [1.82, 2.24) is 4.57 Å². The Morgan fingerprint density at radius 3 is 2.47 bits per heavy atom. The van der Waals surface area contributed by atoms with Crippen molar-refractivity contribution in [1.29, 1.82) is 0 Å². The van der Waals surface area contributed by atoms with Crippen molar-refractivity contribution in [3.63, 3.8) is 0 Å². The Morgan fingerprint density at radius 1 is 1.24 bits per heavy atom. The molecular formula is C14H17NS2. The highest BCUT2D eigenvalue weighted by atomic mass is 32.1. The molecule has 0 aliphatic carbocycles. The average Bonchev–Trinajstić information content (AvgIpc) is 2.54. The number of aromatic nitrogens is 1. The summed E-state index contributed by atoms with van der Waals surface area (Å²) in [5.41, 5.74) is 2.55. The lowest BCUT2D eigenvalue weighted by atomic mass is 10.1. The van der Waals surface area contributed by atoms with Gasteiger partial charge in [0.05, 0.1) is 5.69 Å². The van der Waals surface area contributed by atoms with Crippen molar-refractivity contribution >= 4 is 23.6 Å². The third kappa shape index (κ3) is 2.67. The molecule has 0 aliphatic rings. The first-order valence-corrected chi connectivity index (χ1v) is 7.07. The zero-order chi connectivity index (χ0) is 12.4. The number of aryl methyl sites for hydroxylation is 1. The van der Waals surface area contributed by atoms with Crippen LogP contribution in [0.3, 0.4) is 0 Å². The molecule has 3 heteroatoms. The predicted molar refractivity (Wildman–Crippen MR) is 78.2 cm³/mol. The van der Waals surface area contributed by atoms with Gasteiger partial charge < -0.3 is 4.57 Å². The highest BCUT2D eigenvalue weighted by Crippen LogP contribution is 2.29. The number of nitrogens with zero attached hydrogens (tertiary/aromatic N) is 1. The highest BCUT2D eigenvalue weighted by molar-refractivity contribution is 7.73. The van der Waals surface area contributed by atoms with Crippen molar-refractivity contribution in [2.75, 3.05) is 0 Å². The van der Waals surface area contributed by atoms with Gasteiger partial charge in [-0.05, 0) is 30.6 Å². The fraction of sp³-hybridized carbons (Fsp3) is 0.357. The Morgan fingerprint density at radius 2 is 1.88 bits per heavy atom. The molecule has 1 heterocycles. The Hall–Kier alpha value is -0.930. The molecule has 2 rings (SSSR count). The Kier molecular flexibility index (Phi) is 3.79. The van der Waals surface area contributed by atoms with E-state index in [1.807, 2.05) is 6.07 Å². The van der Waals surface area contributed by atoms with Crippen LogP contribution < -0.4 is 0 Å².